The molecule has 1 aliphatic heterocycles. The zero-order valence-corrected chi connectivity index (χ0v) is 19.2. The molecule has 0 unspecified atom stereocenters. The number of guanidine groups is 1. The highest BCUT2D eigenvalue weighted by atomic mass is 127. The molecule has 2 heterocycles. The van der Waals surface area contributed by atoms with Gasteiger partial charge in [-0.1, -0.05) is 44.9 Å². The maximum atomic E-state index is 6.05. The Hall–Kier alpha value is -1.83. The third-order valence-corrected chi connectivity index (χ3v) is 5.00. The van der Waals surface area contributed by atoms with Crippen molar-refractivity contribution in [3.05, 3.63) is 53.7 Å². The van der Waals surface area contributed by atoms with Crippen LogP contribution in [0.1, 0.15) is 56.6 Å². The highest BCUT2D eigenvalue weighted by Gasteiger charge is 2.10. The van der Waals surface area contributed by atoms with Crippen LogP contribution in [0.15, 0.2) is 47.6 Å². The molecule has 1 aromatic carbocycles. The van der Waals surface area contributed by atoms with E-state index < -0.39 is 0 Å². The Morgan fingerprint density at radius 2 is 1.89 bits per heavy atom. The minimum atomic E-state index is 0. The quantitative estimate of drug-likeness (QED) is 0.344. The lowest BCUT2D eigenvalue weighted by Crippen LogP contribution is -2.24. The van der Waals surface area contributed by atoms with Crippen molar-refractivity contribution < 1.29 is 0 Å². The number of aliphatic imine (C=N–C) groups is 1. The Kier molecular flexibility index (Phi) is 9.02. The largest absolute Gasteiger partial charge is 0.370 e. The average molecular weight is 493 g/mol. The van der Waals surface area contributed by atoms with Crippen LogP contribution in [0.3, 0.4) is 0 Å². The number of hydrogen-bond acceptors (Lipinski definition) is 3. The number of rotatable bonds is 5. The van der Waals surface area contributed by atoms with Crippen LogP contribution >= 0.6 is 24.0 Å². The minimum absolute atomic E-state index is 0. The summed E-state index contributed by atoms with van der Waals surface area (Å²) in [6, 6.07) is 12.5. The van der Waals surface area contributed by atoms with Gasteiger partial charge in [-0.05, 0) is 48.1 Å². The molecule has 0 bridgehead atoms. The van der Waals surface area contributed by atoms with Crippen molar-refractivity contribution in [2.45, 2.75) is 52.0 Å². The van der Waals surface area contributed by atoms with E-state index in [4.69, 9.17) is 5.73 Å². The van der Waals surface area contributed by atoms with E-state index in [9.17, 15) is 0 Å². The van der Waals surface area contributed by atoms with Gasteiger partial charge in [0.05, 0.1) is 6.54 Å². The van der Waals surface area contributed by atoms with Gasteiger partial charge in [0.1, 0.15) is 5.82 Å². The predicted octanol–water partition coefficient (Wildman–Crippen LogP) is 5.13. The van der Waals surface area contributed by atoms with Crippen LogP contribution in [0.5, 0.6) is 0 Å². The number of nitrogens with one attached hydrogen (secondary N) is 1. The summed E-state index contributed by atoms with van der Waals surface area (Å²) in [5.41, 5.74) is 9.37. The van der Waals surface area contributed by atoms with Gasteiger partial charge in [0.2, 0.25) is 0 Å². The summed E-state index contributed by atoms with van der Waals surface area (Å²) >= 11 is 0. The van der Waals surface area contributed by atoms with Crippen molar-refractivity contribution >= 4 is 41.4 Å². The Morgan fingerprint density at radius 3 is 2.54 bits per heavy atom. The Morgan fingerprint density at radius 1 is 1.14 bits per heavy atom. The lowest BCUT2D eigenvalue weighted by atomic mass is 10.0. The molecule has 1 saturated heterocycles. The predicted molar refractivity (Wildman–Crippen MR) is 130 cm³/mol. The molecular formula is C22H32IN5. The fourth-order valence-electron chi connectivity index (χ4n) is 3.34. The van der Waals surface area contributed by atoms with Gasteiger partial charge in [-0.3, -0.25) is 0 Å². The fraction of sp³-hybridized carbons (Fsp3) is 0.455. The van der Waals surface area contributed by atoms with Crippen molar-refractivity contribution in [3.63, 3.8) is 0 Å². The molecular weight excluding hydrogens is 461 g/mol. The first-order valence-corrected chi connectivity index (χ1v) is 9.98. The van der Waals surface area contributed by atoms with E-state index in [2.05, 4.69) is 58.3 Å². The van der Waals surface area contributed by atoms with E-state index >= 15 is 0 Å². The third-order valence-electron chi connectivity index (χ3n) is 5.00. The highest BCUT2D eigenvalue weighted by Crippen LogP contribution is 2.19. The van der Waals surface area contributed by atoms with E-state index in [1.54, 1.807) is 0 Å². The topological polar surface area (TPSA) is 66.5 Å². The number of nitrogens with zero attached hydrogens (tertiary/aromatic N) is 3. The van der Waals surface area contributed by atoms with Crippen LogP contribution in [-0.4, -0.2) is 24.0 Å². The van der Waals surface area contributed by atoms with E-state index in [0.717, 1.165) is 30.2 Å². The highest BCUT2D eigenvalue weighted by molar-refractivity contribution is 14.0. The molecule has 6 heteroatoms. The average Bonchev–Trinajstić information content (AvgIpc) is 2.96. The van der Waals surface area contributed by atoms with E-state index in [-0.39, 0.29) is 24.0 Å². The van der Waals surface area contributed by atoms with Crippen LogP contribution in [-0.2, 0) is 6.54 Å². The van der Waals surface area contributed by atoms with Gasteiger partial charge >= 0.3 is 0 Å². The van der Waals surface area contributed by atoms with Gasteiger partial charge in [0, 0.05) is 25.0 Å². The molecule has 0 amide bonds. The molecule has 5 nitrogen and oxygen atoms in total. The summed E-state index contributed by atoms with van der Waals surface area (Å²) < 4.78 is 0. The van der Waals surface area contributed by atoms with Crippen LogP contribution in [0.2, 0.25) is 0 Å². The standard InChI is InChI=1S/C22H31N5.HI/c1-17(2)19-8-7-9-20(14-19)26-22(23)25-16-18-10-11-21(24-15-18)27-12-5-3-4-6-13-27;/h7-11,14-15,17H,3-6,12-13,16H2,1-2H3,(H3,23,25,26);1H. The lowest BCUT2D eigenvalue weighted by Gasteiger charge is -2.21. The fourth-order valence-corrected chi connectivity index (χ4v) is 3.34. The van der Waals surface area contributed by atoms with Crippen LogP contribution in [0.25, 0.3) is 0 Å². The Balaban J connectivity index is 0.00000280. The second-order valence-electron chi connectivity index (χ2n) is 7.53. The molecule has 0 atom stereocenters. The van der Waals surface area contributed by atoms with Gasteiger partial charge in [-0.25, -0.2) is 9.98 Å². The number of nitrogens with two attached hydrogens (primary N) is 1. The molecule has 1 fully saturated rings. The molecule has 0 saturated carbocycles. The first-order valence-electron chi connectivity index (χ1n) is 9.98. The molecule has 2 aromatic rings. The van der Waals surface area contributed by atoms with Crippen molar-refractivity contribution in [3.8, 4) is 0 Å². The first-order chi connectivity index (χ1) is 13.1. The van der Waals surface area contributed by atoms with Crippen LogP contribution in [0.4, 0.5) is 11.5 Å². The van der Waals surface area contributed by atoms with Gasteiger partial charge in [0.25, 0.3) is 0 Å². The van der Waals surface area contributed by atoms with Crippen LogP contribution < -0.4 is 16.0 Å². The van der Waals surface area contributed by atoms with Crippen molar-refractivity contribution in [2.24, 2.45) is 10.7 Å². The summed E-state index contributed by atoms with van der Waals surface area (Å²) in [6.45, 7) is 7.10. The number of hydrogen-bond donors (Lipinski definition) is 2. The molecule has 3 N–H and O–H groups in total. The number of aromatic nitrogens is 1. The van der Waals surface area contributed by atoms with Gasteiger partial charge in [0.15, 0.2) is 5.96 Å². The number of halogens is 1. The monoisotopic (exact) mass is 493 g/mol. The van der Waals surface area contributed by atoms with Gasteiger partial charge < -0.3 is 16.0 Å². The zero-order valence-electron chi connectivity index (χ0n) is 16.9. The molecule has 28 heavy (non-hydrogen) atoms. The minimum Gasteiger partial charge on any atom is -0.370 e. The summed E-state index contributed by atoms with van der Waals surface area (Å²) in [6.07, 6.45) is 7.09. The second-order valence-corrected chi connectivity index (χ2v) is 7.53. The number of benzene rings is 1. The number of anilines is 2. The maximum Gasteiger partial charge on any atom is 0.193 e. The maximum absolute atomic E-state index is 6.05. The smallest absolute Gasteiger partial charge is 0.193 e. The molecule has 3 rings (SSSR count). The molecule has 0 spiro atoms. The zero-order chi connectivity index (χ0) is 19.1. The Labute approximate surface area is 185 Å². The first kappa shape index (κ1) is 22.5. The normalized spacial score (nSPS) is 15.1. The third kappa shape index (κ3) is 6.65. The summed E-state index contributed by atoms with van der Waals surface area (Å²) in [4.78, 5) is 11.5. The molecule has 152 valence electrons. The van der Waals surface area contributed by atoms with Gasteiger partial charge in [-0.15, -0.1) is 24.0 Å². The molecule has 1 aromatic heterocycles. The molecule has 1 aliphatic rings. The summed E-state index contributed by atoms with van der Waals surface area (Å²) in [5, 5.41) is 3.18. The van der Waals surface area contributed by atoms with Crippen molar-refractivity contribution in [1.29, 1.82) is 0 Å². The second kappa shape index (κ2) is 11.2. The van der Waals surface area contributed by atoms with Crippen LogP contribution in [0, 0.1) is 0 Å². The lowest BCUT2D eigenvalue weighted by molar-refractivity contribution is 0.726. The van der Waals surface area contributed by atoms with Gasteiger partial charge in [-0.2, -0.15) is 0 Å². The summed E-state index contributed by atoms with van der Waals surface area (Å²) in [7, 11) is 0. The molecule has 0 aliphatic carbocycles. The SMILES string of the molecule is CC(C)c1cccc(NC(N)=NCc2ccc(N3CCCCCC3)nc2)c1.I. The van der Waals surface area contributed by atoms with E-state index in [1.807, 2.05) is 18.3 Å². The van der Waals surface area contributed by atoms with E-state index in [0.29, 0.717) is 18.4 Å². The van der Waals surface area contributed by atoms with Crippen molar-refractivity contribution in [2.75, 3.05) is 23.3 Å². The number of pyridine rings is 1. The van der Waals surface area contributed by atoms with Crippen molar-refractivity contribution in [1.82, 2.24) is 4.98 Å². The summed E-state index contributed by atoms with van der Waals surface area (Å²) in [5.74, 6) is 1.98. The van der Waals surface area contributed by atoms with E-state index in [1.165, 1.54) is 31.2 Å². The molecule has 0 radical (unpaired) electrons. The Bertz CT molecular complexity index is 750.